The zero-order chi connectivity index (χ0) is 11.7. The molecule has 1 aliphatic carbocycles. The summed E-state index contributed by atoms with van der Waals surface area (Å²) in [6.45, 7) is 4.30. The maximum absolute atomic E-state index is 5.99. The van der Waals surface area contributed by atoms with Gasteiger partial charge in [-0.15, -0.1) is 0 Å². The maximum Gasteiger partial charge on any atom is 0.119 e. The third kappa shape index (κ3) is 2.26. The smallest absolute Gasteiger partial charge is 0.119 e. The summed E-state index contributed by atoms with van der Waals surface area (Å²) in [5, 5.41) is 3.38. The lowest BCUT2D eigenvalue weighted by Gasteiger charge is -2.23. The monoisotopic (exact) mass is 231 g/mol. The fourth-order valence-electron chi connectivity index (χ4n) is 3.00. The fourth-order valence-corrected chi connectivity index (χ4v) is 3.00. The van der Waals surface area contributed by atoms with E-state index in [0.717, 1.165) is 25.3 Å². The summed E-state index contributed by atoms with van der Waals surface area (Å²) in [4.78, 5) is 0. The van der Waals surface area contributed by atoms with Crippen LogP contribution in [-0.4, -0.2) is 13.2 Å². The Morgan fingerprint density at radius 1 is 1.29 bits per heavy atom. The normalized spacial score (nSPS) is 21.0. The molecule has 3 rings (SSSR count). The van der Waals surface area contributed by atoms with Gasteiger partial charge >= 0.3 is 0 Å². The summed E-state index contributed by atoms with van der Waals surface area (Å²) < 4.78 is 5.99. The van der Waals surface area contributed by atoms with Gasteiger partial charge in [-0.2, -0.15) is 0 Å². The van der Waals surface area contributed by atoms with Crippen molar-refractivity contribution in [2.75, 3.05) is 18.5 Å². The van der Waals surface area contributed by atoms with E-state index >= 15 is 0 Å². The molecule has 0 saturated heterocycles. The molecule has 0 aromatic heterocycles. The van der Waals surface area contributed by atoms with Gasteiger partial charge in [0.15, 0.2) is 0 Å². The highest BCUT2D eigenvalue weighted by atomic mass is 16.5. The second-order valence-electron chi connectivity index (χ2n) is 5.80. The van der Waals surface area contributed by atoms with Crippen molar-refractivity contribution in [3.63, 3.8) is 0 Å². The van der Waals surface area contributed by atoms with Gasteiger partial charge < -0.3 is 10.1 Å². The van der Waals surface area contributed by atoms with Crippen molar-refractivity contribution in [2.45, 2.75) is 39.0 Å². The third-order valence-electron chi connectivity index (χ3n) is 4.18. The molecule has 1 aromatic carbocycles. The van der Waals surface area contributed by atoms with Crippen LogP contribution in [0.5, 0.6) is 5.75 Å². The predicted molar refractivity (Wildman–Crippen MR) is 70.7 cm³/mol. The van der Waals surface area contributed by atoms with Gasteiger partial charge in [0.25, 0.3) is 0 Å². The molecule has 1 fully saturated rings. The first kappa shape index (κ1) is 10.9. The Bertz CT molecular complexity index is 407. The van der Waals surface area contributed by atoms with Gasteiger partial charge in [0.2, 0.25) is 0 Å². The van der Waals surface area contributed by atoms with E-state index in [4.69, 9.17) is 4.74 Å². The average Bonchev–Trinajstić information content (AvgIpc) is 2.95. The minimum atomic E-state index is 0.414. The van der Waals surface area contributed by atoms with Crippen molar-refractivity contribution in [1.82, 2.24) is 0 Å². The SMILES string of the molecule is CC1(COc2ccc3c(c2)CCN3)CCCC1. The number of benzene rings is 1. The largest absolute Gasteiger partial charge is 0.493 e. The first-order chi connectivity index (χ1) is 8.25. The lowest BCUT2D eigenvalue weighted by atomic mass is 9.90. The third-order valence-corrected chi connectivity index (χ3v) is 4.18. The van der Waals surface area contributed by atoms with Crippen molar-refractivity contribution in [3.05, 3.63) is 23.8 Å². The lowest BCUT2D eigenvalue weighted by molar-refractivity contribution is 0.168. The molecule has 0 atom stereocenters. The summed E-state index contributed by atoms with van der Waals surface area (Å²) >= 11 is 0. The van der Waals surface area contributed by atoms with Crippen LogP contribution < -0.4 is 10.1 Å². The Kier molecular flexibility index (Phi) is 2.73. The molecule has 0 spiro atoms. The Labute approximate surface area is 103 Å². The van der Waals surface area contributed by atoms with Gasteiger partial charge in [-0.25, -0.2) is 0 Å². The van der Waals surface area contributed by atoms with Crippen LogP contribution in [0.1, 0.15) is 38.2 Å². The number of hydrogen-bond donors (Lipinski definition) is 1. The van der Waals surface area contributed by atoms with Crippen LogP contribution in [0.25, 0.3) is 0 Å². The highest BCUT2D eigenvalue weighted by Gasteiger charge is 2.29. The molecule has 1 N–H and O–H groups in total. The molecule has 2 nitrogen and oxygen atoms in total. The fraction of sp³-hybridized carbons (Fsp3) is 0.600. The first-order valence-electron chi connectivity index (χ1n) is 6.75. The molecule has 2 heteroatoms. The molecule has 1 aliphatic heterocycles. The van der Waals surface area contributed by atoms with Crippen molar-refractivity contribution >= 4 is 5.69 Å². The summed E-state index contributed by atoms with van der Waals surface area (Å²) in [6, 6.07) is 6.44. The minimum Gasteiger partial charge on any atom is -0.493 e. The number of hydrogen-bond acceptors (Lipinski definition) is 2. The molecule has 2 aliphatic rings. The molecule has 17 heavy (non-hydrogen) atoms. The highest BCUT2D eigenvalue weighted by Crippen LogP contribution is 2.38. The van der Waals surface area contributed by atoms with E-state index in [1.54, 1.807) is 0 Å². The Morgan fingerprint density at radius 3 is 2.94 bits per heavy atom. The topological polar surface area (TPSA) is 21.3 Å². The zero-order valence-corrected chi connectivity index (χ0v) is 10.6. The van der Waals surface area contributed by atoms with Gasteiger partial charge in [0, 0.05) is 17.6 Å². The summed E-state index contributed by atoms with van der Waals surface area (Å²) in [5.41, 5.74) is 3.10. The Balaban J connectivity index is 1.65. The van der Waals surface area contributed by atoms with Crippen LogP contribution in [0.2, 0.25) is 0 Å². The highest BCUT2D eigenvalue weighted by molar-refractivity contribution is 5.57. The van der Waals surface area contributed by atoms with E-state index in [9.17, 15) is 0 Å². The molecular weight excluding hydrogens is 210 g/mol. The summed E-state index contributed by atoms with van der Waals surface area (Å²) in [7, 11) is 0. The molecule has 92 valence electrons. The molecule has 1 aromatic rings. The maximum atomic E-state index is 5.99. The van der Waals surface area contributed by atoms with Gasteiger partial charge in [-0.3, -0.25) is 0 Å². The van der Waals surface area contributed by atoms with Crippen LogP contribution in [0.15, 0.2) is 18.2 Å². The predicted octanol–water partition coefficient (Wildman–Crippen LogP) is 3.61. The standard InChI is InChI=1S/C15H21NO/c1-15(7-2-3-8-15)11-17-13-4-5-14-12(10-13)6-9-16-14/h4-5,10,16H,2-3,6-9,11H2,1H3. The van der Waals surface area contributed by atoms with E-state index in [0.29, 0.717) is 5.41 Å². The van der Waals surface area contributed by atoms with Crippen LogP contribution in [0.4, 0.5) is 5.69 Å². The van der Waals surface area contributed by atoms with Gasteiger partial charge in [0.1, 0.15) is 5.75 Å². The van der Waals surface area contributed by atoms with Crippen molar-refractivity contribution in [1.29, 1.82) is 0 Å². The molecule has 1 saturated carbocycles. The van der Waals surface area contributed by atoms with Gasteiger partial charge in [-0.05, 0) is 43.0 Å². The first-order valence-corrected chi connectivity index (χ1v) is 6.75. The van der Waals surface area contributed by atoms with Crippen molar-refractivity contribution in [2.24, 2.45) is 5.41 Å². The van der Waals surface area contributed by atoms with Gasteiger partial charge in [0.05, 0.1) is 6.61 Å². The Hall–Kier alpha value is -1.18. The van der Waals surface area contributed by atoms with E-state index in [1.165, 1.54) is 36.9 Å². The molecule has 0 radical (unpaired) electrons. The van der Waals surface area contributed by atoms with Crippen LogP contribution in [0.3, 0.4) is 0 Å². The summed E-state index contributed by atoms with van der Waals surface area (Å²) in [5.74, 6) is 1.04. The number of anilines is 1. The molecule has 1 heterocycles. The Morgan fingerprint density at radius 2 is 2.12 bits per heavy atom. The number of rotatable bonds is 3. The molecule has 0 amide bonds. The van der Waals surface area contributed by atoms with Gasteiger partial charge in [-0.1, -0.05) is 19.8 Å². The van der Waals surface area contributed by atoms with Crippen LogP contribution in [0, 0.1) is 5.41 Å². The lowest BCUT2D eigenvalue weighted by Crippen LogP contribution is -2.21. The minimum absolute atomic E-state index is 0.414. The number of ether oxygens (including phenoxy) is 1. The van der Waals surface area contributed by atoms with E-state index in [1.807, 2.05) is 0 Å². The number of fused-ring (bicyclic) bond motifs is 1. The van der Waals surface area contributed by atoms with E-state index in [-0.39, 0.29) is 0 Å². The number of nitrogens with one attached hydrogen (secondary N) is 1. The molecule has 0 bridgehead atoms. The second-order valence-corrected chi connectivity index (χ2v) is 5.80. The van der Waals surface area contributed by atoms with E-state index < -0.39 is 0 Å². The summed E-state index contributed by atoms with van der Waals surface area (Å²) in [6.07, 6.45) is 6.50. The van der Waals surface area contributed by atoms with Crippen molar-refractivity contribution in [3.8, 4) is 5.75 Å². The quantitative estimate of drug-likeness (QED) is 0.858. The molecular formula is C15H21NO. The van der Waals surface area contributed by atoms with E-state index in [2.05, 4.69) is 30.4 Å². The van der Waals surface area contributed by atoms with Crippen LogP contribution >= 0.6 is 0 Å². The average molecular weight is 231 g/mol. The molecule has 0 unspecified atom stereocenters. The second kappa shape index (κ2) is 4.25. The van der Waals surface area contributed by atoms with Crippen molar-refractivity contribution < 1.29 is 4.74 Å². The zero-order valence-electron chi connectivity index (χ0n) is 10.6. The van der Waals surface area contributed by atoms with Crippen LogP contribution in [-0.2, 0) is 6.42 Å².